The van der Waals surface area contributed by atoms with E-state index in [9.17, 15) is 13.2 Å². The van der Waals surface area contributed by atoms with Crippen LogP contribution in [0.3, 0.4) is 0 Å². The lowest BCUT2D eigenvalue weighted by atomic mass is 10.1. The molecule has 1 aliphatic heterocycles. The van der Waals surface area contributed by atoms with Crippen molar-refractivity contribution in [3.63, 3.8) is 0 Å². The van der Waals surface area contributed by atoms with Gasteiger partial charge in [0.1, 0.15) is 0 Å². The van der Waals surface area contributed by atoms with E-state index in [4.69, 9.17) is 19.6 Å². The smallest absolute Gasteiger partial charge is 0.374 e. The van der Waals surface area contributed by atoms with Crippen molar-refractivity contribution in [2.24, 2.45) is 5.73 Å². The lowest BCUT2D eigenvalue weighted by Gasteiger charge is -2.30. The number of esters is 1. The number of furan rings is 1. The molecule has 2 rings (SSSR count). The van der Waals surface area contributed by atoms with Crippen molar-refractivity contribution in [2.75, 3.05) is 32.8 Å². The highest BCUT2D eigenvalue weighted by Crippen LogP contribution is 2.24. The molecule has 25 heavy (non-hydrogen) atoms. The predicted molar refractivity (Wildman–Crippen MR) is 93.3 cm³/mol. The Labute approximate surface area is 154 Å². The summed E-state index contributed by atoms with van der Waals surface area (Å²) in [5, 5.41) is -0.243. The van der Waals surface area contributed by atoms with Crippen LogP contribution in [0.2, 0.25) is 0 Å². The number of ether oxygens (including phenoxy) is 2. The van der Waals surface area contributed by atoms with Gasteiger partial charge in [-0.2, -0.15) is 4.31 Å². The van der Waals surface area contributed by atoms with E-state index in [1.807, 2.05) is 0 Å². The molecule has 1 saturated heterocycles. The Balaban J connectivity index is 0.00000312. The van der Waals surface area contributed by atoms with E-state index in [0.717, 1.165) is 6.42 Å². The number of nitrogens with zero attached hydrogens (tertiary/aromatic N) is 1. The third kappa shape index (κ3) is 5.68. The van der Waals surface area contributed by atoms with Crippen molar-refractivity contribution in [3.05, 3.63) is 17.9 Å². The first-order valence-corrected chi connectivity index (χ1v) is 9.51. The number of sulfonamides is 1. The van der Waals surface area contributed by atoms with Crippen LogP contribution in [0, 0.1) is 0 Å². The van der Waals surface area contributed by atoms with Crippen LogP contribution in [-0.4, -0.2) is 57.6 Å². The van der Waals surface area contributed by atoms with Gasteiger partial charge in [0.2, 0.25) is 10.9 Å². The second-order valence-corrected chi connectivity index (χ2v) is 7.32. The Morgan fingerprint density at radius 1 is 1.36 bits per heavy atom. The lowest BCUT2D eigenvalue weighted by molar-refractivity contribution is 0.0207. The highest BCUT2D eigenvalue weighted by Gasteiger charge is 2.32. The van der Waals surface area contributed by atoms with Crippen molar-refractivity contribution >= 4 is 28.4 Å². The molecule has 1 fully saturated rings. The molecule has 0 unspecified atom stereocenters. The van der Waals surface area contributed by atoms with Gasteiger partial charge in [0, 0.05) is 19.7 Å². The van der Waals surface area contributed by atoms with E-state index in [0.29, 0.717) is 39.1 Å². The largest absolute Gasteiger partial charge is 0.460 e. The minimum Gasteiger partial charge on any atom is -0.460 e. The molecular weight excluding hydrogens is 372 g/mol. The van der Waals surface area contributed by atoms with Gasteiger partial charge >= 0.3 is 5.97 Å². The number of carbonyl (C=O) groups excluding carboxylic acids is 1. The van der Waals surface area contributed by atoms with Gasteiger partial charge in [0.15, 0.2) is 0 Å². The second-order valence-electron chi connectivity index (χ2n) is 5.46. The summed E-state index contributed by atoms with van der Waals surface area (Å²) in [6.45, 7) is 3.73. The van der Waals surface area contributed by atoms with Gasteiger partial charge in [0.25, 0.3) is 10.0 Å². The monoisotopic (exact) mass is 396 g/mol. The van der Waals surface area contributed by atoms with E-state index < -0.39 is 16.0 Å². The average molecular weight is 397 g/mol. The molecule has 1 aliphatic rings. The molecule has 2 heterocycles. The third-order valence-corrected chi connectivity index (χ3v) is 5.53. The molecule has 0 spiro atoms. The van der Waals surface area contributed by atoms with E-state index in [1.54, 1.807) is 6.92 Å². The van der Waals surface area contributed by atoms with Gasteiger partial charge in [-0.15, -0.1) is 12.4 Å². The third-order valence-electron chi connectivity index (χ3n) is 3.76. The molecule has 0 radical (unpaired) electrons. The molecular formula is C15H25ClN2O6S. The summed E-state index contributed by atoms with van der Waals surface area (Å²) >= 11 is 0. The van der Waals surface area contributed by atoms with E-state index in [-0.39, 0.29) is 36.0 Å². The zero-order valence-electron chi connectivity index (χ0n) is 14.2. The van der Waals surface area contributed by atoms with Crippen LogP contribution in [0.15, 0.2) is 21.6 Å². The first-order valence-electron chi connectivity index (χ1n) is 8.07. The molecule has 0 aromatic carbocycles. The van der Waals surface area contributed by atoms with Gasteiger partial charge in [-0.3, -0.25) is 0 Å². The summed E-state index contributed by atoms with van der Waals surface area (Å²) in [5.74, 6) is -0.790. The Hall–Kier alpha value is -1.13. The minimum absolute atomic E-state index is 0. The first kappa shape index (κ1) is 21.9. The van der Waals surface area contributed by atoms with Crippen molar-refractivity contribution < 1.29 is 27.1 Å². The molecule has 8 nitrogen and oxygen atoms in total. The molecule has 0 aliphatic carbocycles. The SMILES string of the molecule is CCOC(=O)c1ccc(S(=O)(=O)N2CCC(OCCCN)CC2)o1.Cl. The van der Waals surface area contributed by atoms with Crippen molar-refractivity contribution in [2.45, 2.75) is 37.4 Å². The Bertz CT molecular complexity index is 640. The second kappa shape index (κ2) is 10.1. The zero-order chi connectivity index (χ0) is 17.6. The molecule has 0 saturated carbocycles. The maximum Gasteiger partial charge on any atom is 0.374 e. The number of halogens is 1. The van der Waals surface area contributed by atoms with Gasteiger partial charge < -0.3 is 19.6 Å². The fourth-order valence-corrected chi connectivity index (χ4v) is 3.85. The number of piperidine rings is 1. The van der Waals surface area contributed by atoms with Crippen LogP contribution in [0.4, 0.5) is 0 Å². The van der Waals surface area contributed by atoms with Gasteiger partial charge in [-0.25, -0.2) is 13.2 Å². The predicted octanol–water partition coefficient (Wildman–Crippen LogP) is 1.40. The molecule has 1 aromatic rings. The maximum absolute atomic E-state index is 12.6. The van der Waals surface area contributed by atoms with Crippen molar-refractivity contribution in [1.82, 2.24) is 4.31 Å². The topological polar surface area (TPSA) is 112 Å². The summed E-state index contributed by atoms with van der Waals surface area (Å²) in [7, 11) is -3.75. The van der Waals surface area contributed by atoms with Crippen molar-refractivity contribution in [3.8, 4) is 0 Å². The van der Waals surface area contributed by atoms with Gasteiger partial charge in [-0.1, -0.05) is 0 Å². The fourth-order valence-electron chi connectivity index (χ4n) is 2.47. The zero-order valence-corrected chi connectivity index (χ0v) is 15.8. The van der Waals surface area contributed by atoms with E-state index in [2.05, 4.69) is 0 Å². The van der Waals surface area contributed by atoms with Crippen molar-refractivity contribution in [1.29, 1.82) is 0 Å². The maximum atomic E-state index is 12.6. The number of carbonyl (C=O) groups is 1. The number of rotatable bonds is 8. The molecule has 10 heteroatoms. The average Bonchev–Trinajstić information content (AvgIpc) is 3.07. The molecule has 0 amide bonds. The highest BCUT2D eigenvalue weighted by atomic mass is 35.5. The number of hydrogen-bond donors (Lipinski definition) is 1. The van der Waals surface area contributed by atoms with Gasteiger partial charge in [0.05, 0.1) is 12.7 Å². The molecule has 144 valence electrons. The summed E-state index contributed by atoms with van der Waals surface area (Å²) in [4.78, 5) is 11.6. The van der Waals surface area contributed by atoms with E-state index in [1.165, 1.54) is 16.4 Å². The molecule has 0 atom stereocenters. The van der Waals surface area contributed by atoms with Crippen LogP contribution in [0.25, 0.3) is 0 Å². The number of nitrogens with two attached hydrogens (primary N) is 1. The van der Waals surface area contributed by atoms with Crippen LogP contribution in [0.1, 0.15) is 36.7 Å². The molecule has 2 N–H and O–H groups in total. The summed E-state index contributed by atoms with van der Waals surface area (Å²) < 4.78 is 42.1. The lowest BCUT2D eigenvalue weighted by Crippen LogP contribution is -2.40. The molecule has 1 aromatic heterocycles. The normalized spacial score (nSPS) is 16.4. The quantitative estimate of drug-likeness (QED) is 0.522. The van der Waals surface area contributed by atoms with Gasteiger partial charge in [-0.05, 0) is 44.9 Å². The summed E-state index contributed by atoms with van der Waals surface area (Å²) in [6.07, 6.45) is 2.08. The van der Waals surface area contributed by atoms with Crippen LogP contribution < -0.4 is 5.73 Å². The summed E-state index contributed by atoms with van der Waals surface area (Å²) in [6, 6.07) is 2.60. The van der Waals surface area contributed by atoms with Crippen LogP contribution in [0.5, 0.6) is 0 Å². The highest BCUT2D eigenvalue weighted by molar-refractivity contribution is 7.89. The van der Waals surface area contributed by atoms with Crippen LogP contribution >= 0.6 is 12.4 Å². The summed E-state index contributed by atoms with van der Waals surface area (Å²) in [5.41, 5.74) is 5.42. The fraction of sp³-hybridized carbons (Fsp3) is 0.667. The Morgan fingerprint density at radius 3 is 2.64 bits per heavy atom. The number of hydrogen-bond acceptors (Lipinski definition) is 7. The van der Waals surface area contributed by atoms with Crippen LogP contribution in [-0.2, 0) is 19.5 Å². The Kier molecular flexibility index (Phi) is 8.87. The Morgan fingerprint density at radius 2 is 2.04 bits per heavy atom. The minimum atomic E-state index is -3.75. The first-order chi connectivity index (χ1) is 11.5. The van der Waals surface area contributed by atoms with E-state index >= 15 is 0 Å². The molecule has 0 bridgehead atoms. The standard InChI is InChI=1S/C15H24N2O6S.ClH/c1-2-21-15(18)13-4-5-14(23-13)24(19,20)17-9-6-12(7-10-17)22-11-3-8-16;/h4-5,12H,2-3,6-11,16H2,1H3;1H.